The average Bonchev–Trinajstić information content (AvgIpc) is 2.76. The zero-order valence-electron chi connectivity index (χ0n) is 11.2. The second kappa shape index (κ2) is 4.85. The summed E-state index contributed by atoms with van der Waals surface area (Å²) in [5, 5.41) is 10.2. The van der Waals surface area contributed by atoms with Gasteiger partial charge in [-0.05, 0) is 30.2 Å². The van der Waals surface area contributed by atoms with Crippen LogP contribution in [-0.4, -0.2) is 15.6 Å². The van der Waals surface area contributed by atoms with Gasteiger partial charge in [0.1, 0.15) is 0 Å². The highest BCUT2D eigenvalue weighted by Gasteiger charge is 2.09. The summed E-state index contributed by atoms with van der Waals surface area (Å²) in [5.41, 5.74) is 3.65. The Hall–Kier alpha value is -2.55. The fourth-order valence-electron chi connectivity index (χ4n) is 2.52. The summed E-state index contributed by atoms with van der Waals surface area (Å²) in [5.74, 6) is -0.892. The van der Waals surface area contributed by atoms with Crippen LogP contribution in [-0.2, 0) is 6.54 Å². The molecule has 0 saturated heterocycles. The molecule has 0 bridgehead atoms. The molecule has 0 spiro atoms. The van der Waals surface area contributed by atoms with Crippen molar-refractivity contribution in [2.45, 2.75) is 13.5 Å². The molecular weight excluding hydrogens is 250 g/mol. The SMILES string of the molecule is Cc1cn(Cc2ccccc2)c2cc(C(=O)O)ccc12. The van der Waals surface area contributed by atoms with Crippen LogP contribution in [0.15, 0.2) is 54.7 Å². The molecule has 0 unspecified atom stereocenters. The van der Waals surface area contributed by atoms with E-state index in [1.807, 2.05) is 31.2 Å². The van der Waals surface area contributed by atoms with Gasteiger partial charge in [-0.2, -0.15) is 0 Å². The van der Waals surface area contributed by atoms with Crippen molar-refractivity contribution in [1.29, 1.82) is 0 Å². The van der Waals surface area contributed by atoms with Crippen LogP contribution in [0, 0.1) is 6.92 Å². The minimum absolute atomic E-state index is 0.324. The molecule has 1 N–H and O–H groups in total. The summed E-state index contributed by atoms with van der Waals surface area (Å²) in [6, 6.07) is 15.4. The number of carbonyl (C=O) groups is 1. The number of carboxylic acid groups (broad SMARTS) is 1. The van der Waals surface area contributed by atoms with Gasteiger partial charge in [-0.25, -0.2) is 4.79 Å². The van der Waals surface area contributed by atoms with Gasteiger partial charge in [0.15, 0.2) is 0 Å². The summed E-state index contributed by atoms with van der Waals surface area (Å²) in [6.07, 6.45) is 2.07. The summed E-state index contributed by atoms with van der Waals surface area (Å²) < 4.78 is 2.10. The summed E-state index contributed by atoms with van der Waals surface area (Å²) >= 11 is 0. The Kier molecular flexibility index (Phi) is 3.03. The quantitative estimate of drug-likeness (QED) is 0.784. The number of hydrogen-bond donors (Lipinski definition) is 1. The maximum Gasteiger partial charge on any atom is 0.335 e. The third-order valence-corrected chi connectivity index (χ3v) is 3.52. The van der Waals surface area contributed by atoms with Crippen molar-refractivity contribution in [3.8, 4) is 0 Å². The first kappa shape index (κ1) is 12.5. The minimum Gasteiger partial charge on any atom is -0.478 e. The highest BCUT2D eigenvalue weighted by molar-refractivity contribution is 5.94. The molecule has 0 saturated carbocycles. The predicted octanol–water partition coefficient (Wildman–Crippen LogP) is 3.70. The van der Waals surface area contributed by atoms with Gasteiger partial charge in [-0.3, -0.25) is 0 Å². The van der Waals surface area contributed by atoms with E-state index < -0.39 is 5.97 Å². The monoisotopic (exact) mass is 265 g/mol. The lowest BCUT2D eigenvalue weighted by molar-refractivity contribution is 0.0697. The number of carboxylic acids is 1. The Morgan fingerprint density at radius 1 is 1.15 bits per heavy atom. The molecule has 0 aliphatic carbocycles. The fraction of sp³-hybridized carbons (Fsp3) is 0.118. The van der Waals surface area contributed by atoms with Crippen LogP contribution in [0.3, 0.4) is 0 Å². The predicted molar refractivity (Wildman–Crippen MR) is 79.2 cm³/mol. The van der Waals surface area contributed by atoms with Crippen LogP contribution >= 0.6 is 0 Å². The van der Waals surface area contributed by atoms with E-state index >= 15 is 0 Å². The summed E-state index contributed by atoms with van der Waals surface area (Å²) in [6.45, 7) is 2.79. The highest BCUT2D eigenvalue weighted by Crippen LogP contribution is 2.23. The van der Waals surface area contributed by atoms with Crippen LogP contribution in [0.25, 0.3) is 10.9 Å². The number of nitrogens with zero attached hydrogens (tertiary/aromatic N) is 1. The molecular formula is C17H15NO2. The summed E-state index contributed by atoms with van der Waals surface area (Å²) in [7, 11) is 0. The van der Waals surface area contributed by atoms with E-state index in [1.165, 1.54) is 5.56 Å². The molecule has 2 aromatic carbocycles. The van der Waals surface area contributed by atoms with Crippen LogP contribution in [0.4, 0.5) is 0 Å². The van der Waals surface area contributed by atoms with Crippen molar-refractivity contribution in [3.05, 3.63) is 71.4 Å². The van der Waals surface area contributed by atoms with E-state index in [1.54, 1.807) is 12.1 Å². The number of fused-ring (bicyclic) bond motifs is 1. The van der Waals surface area contributed by atoms with E-state index in [4.69, 9.17) is 5.11 Å². The van der Waals surface area contributed by atoms with Crippen LogP contribution in [0.2, 0.25) is 0 Å². The van der Waals surface area contributed by atoms with E-state index in [9.17, 15) is 4.79 Å². The van der Waals surface area contributed by atoms with E-state index in [-0.39, 0.29) is 0 Å². The smallest absolute Gasteiger partial charge is 0.335 e. The second-order valence-corrected chi connectivity index (χ2v) is 4.96. The first-order chi connectivity index (χ1) is 9.65. The average molecular weight is 265 g/mol. The van der Waals surface area contributed by atoms with Crippen LogP contribution in [0.1, 0.15) is 21.5 Å². The lowest BCUT2D eigenvalue weighted by atomic mass is 10.1. The zero-order valence-corrected chi connectivity index (χ0v) is 11.2. The largest absolute Gasteiger partial charge is 0.478 e. The molecule has 0 aliphatic rings. The fourth-order valence-corrected chi connectivity index (χ4v) is 2.52. The van der Waals surface area contributed by atoms with Gasteiger partial charge in [0.05, 0.1) is 5.56 Å². The van der Waals surface area contributed by atoms with Crippen molar-refractivity contribution < 1.29 is 9.90 Å². The number of aryl methyl sites for hydroxylation is 1. The van der Waals surface area contributed by atoms with Crippen molar-refractivity contribution in [3.63, 3.8) is 0 Å². The van der Waals surface area contributed by atoms with Crippen molar-refractivity contribution >= 4 is 16.9 Å². The summed E-state index contributed by atoms with van der Waals surface area (Å²) in [4.78, 5) is 11.1. The third kappa shape index (κ3) is 2.18. The zero-order chi connectivity index (χ0) is 14.1. The molecule has 3 rings (SSSR count). The molecule has 3 aromatic rings. The molecule has 0 aliphatic heterocycles. The van der Waals surface area contributed by atoms with Crippen molar-refractivity contribution in [1.82, 2.24) is 4.57 Å². The van der Waals surface area contributed by atoms with Crippen LogP contribution in [0.5, 0.6) is 0 Å². The molecule has 0 amide bonds. The molecule has 1 heterocycles. The highest BCUT2D eigenvalue weighted by atomic mass is 16.4. The van der Waals surface area contributed by atoms with E-state index in [0.717, 1.165) is 23.0 Å². The molecule has 0 atom stereocenters. The Labute approximate surface area is 117 Å². The Balaban J connectivity index is 2.10. The number of benzene rings is 2. The molecule has 1 aromatic heterocycles. The molecule has 20 heavy (non-hydrogen) atoms. The van der Waals surface area contributed by atoms with E-state index in [0.29, 0.717) is 5.56 Å². The number of aromatic carboxylic acids is 1. The second-order valence-electron chi connectivity index (χ2n) is 4.96. The third-order valence-electron chi connectivity index (χ3n) is 3.52. The van der Waals surface area contributed by atoms with Gasteiger partial charge in [0.25, 0.3) is 0 Å². The number of rotatable bonds is 3. The Morgan fingerprint density at radius 2 is 1.90 bits per heavy atom. The Morgan fingerprint density at radius 3 is 2.60 bits per heavy atom. The molecule has 100 valence electrons. The van der Waals surface area contributed by atoms with Gasteiger partial charge < -0.3 is 9.67 Å². The standard InChI is InChI=1S/C17H15NO2/c1-12-10-18(11-13-5-3-2-4-6-13)16-9-14(17(19)20)7-8-15(12)16/h2-10H,11H2,1H3,(H,19,20). The van der Waals surface area contributed by atoms with Crippen LogP contribution < -0.4 is 0 Å². The topological polar surface area (TPSA) is 42.2 Å². The first-order valence-electron chi connectivity index (χ1n) is 6.52. The normalized spacial score (nSPS) is 10.8. The van der Waals surface area contributed by atoms with Crippen molar-refractivity contribution in [2.75, 3.05) is 0 Å². The first-order valence-corrected chi connectivity index (χ1v) is 6.52. The Bertz CT molecular complexity index is 772. The molecule has 0 fully saturated rings. The van der Waals surface area contributed by atoms with Gasteiger partial charge in [-0.15, -0.1) is 0 Å². The lowest BCUT2D eigenvalue weighted by Gasteiger charge is -2.06. The number of aromatic nitrogens is 1. The number of hydrogen-bond acceptors (Lipinski definition) is 1. The lowest BCUT2D eigenvalue weighted by Crippen LogP contribution is -2.00. The maximum atomic E-state index is 11.1. The van der Waals surface area contributed by atoms with Crippen molar-refractivity contribution in [2.24, 2.45) is 0 Å². The van der Waals surface area contributed by atoms with Gasteiger partial charge >= 0.3 is 5.97 Å². The molecule has 0 radical (unpaired) electrons. The minimum atomic E-state index is -0.892. The molecule has 3 heteroatoms. The van der Waals surface area contributed by atoms with Gasteiger partial charge in [0, 0.05) is 23.6 Å². The van der Waals surface area contributed by atoms with E-state index in [2.05, 4.69) is 22.9 Å². The van der Waals surface area contributed by atoms with Gasteiger partial charge in [-0.1, -0.05) is 36.4 Å². The maximum absolute atomic E-state index is 11.1. The van der Waals surface area contributed by atoms with Gasteiger partial charge in [0.2, 0.25) is 0 Å². The molecule has 3 nitrogen and oxygen atoms in total.